The molecule has 0 saturated heterocycles. The topological polar surface area (TPSA) is 0 Å². The molecule has 2 unspecified atom stereocenters. The minimum atomic E-state index is 0.835. The first-order chi connectivity index (χ1) is 14.2. The maximum atomic E-state index is 3.87. The zero-order valence-corrected chi connectivity index (χ0v) is 21.2. The third-order valence-electron chi connectivity index (χ3n) is 5.54. The van der Waals surface area contributed by atoms with Gasteiger partial charge in [0, 0.05) is 0 Å². The lowest BCUT2D eigenvalue weighted by Crippen LogP contribution is -1.99. The predicted octanol–water partition coefficient (Wildman–Crippen LogP) is 10.2. The number of rotatable bonds is 16. The van der Waals surface area contributed by atoms with Crippen LogP contribution in [0.3, 0.4) is 0 Å². The molecule has 0 nitrogen and oxygen atoms in total. The monoisotopic (exact) mass is 410 g/mol. The van der Waals surface area contributed by atoms with E-state index >= 15 is 0 Å². The maximum absolute atomic E-state index is 3.87. The van der Waals surface area contributed by atoms with E-state index in [9.17, 15) is 0 Å². The summed E-state index contributed by atoms with van der Waals surface area (Å²) in [5.74, 6) is 2.59. The van der Waals surface area contributed by atoms with Crippen molar-refractivity contribution < 1.29 is 0 Å². The summed E-state index contributed by atoms with van der Waals surface area (Å²) in [6.07, 6.45) is 28.1. The van der Waals surface area contributed by atoms with Crippen LogP contribution in [0.15, 0.2) is 71.9 Å². The van der Waals surface area contributed by atoms with Gasteiger partial charge in [-0.15, -0.1) is 0 Å². The Balaban J connectivity index is 4.02. The van der Waals surface area contributed by atoms with Crippen LogP contribution in [0.4, 0.5) is 0 Å². The molecule has 0 rings (SSSR count). The molecule has 0 aromatic rings. The molecule has 0 aromatic heterocycles. The average molecular weight is 411 g/mol. The van der Waals surface area contributed by atoms with Gasteiger partial charge in [0.05, 0.1) is 0 Å². The maximum Gasteiger partial charge on any atom is -0.0345 e. The van der Waals surface area contributed by atoms with Crippen LogP contribution in [0, 0.1) is 17.8 Å². The van der Waals surface area contributed by atoms with Crippen LogP contribution < -0.4 is 0 Å². The van der Waals surface area contributed by atoms with Gasteiger partial charge in [0.1, 0.15) is 0 Å². The molecule has 0 heterocycles. The molecule has 0 N–H and O–H groups in total. The highest BCUT2D eigenvalue weighted by Crippen LogP contribution is 2.21. The van der Waals surface area contributed by atoms with Crippen LogP contribution in [0.2, 0.25) is 0 Å². The first-order valence-electron chi connectivity index (χ1n) is 12.2. The molecule has 0 aromatic carbocycles. The third kappa shape index (κ3) is 19.7. The molecule has 0 bridgehead atoms. The second-order valence-corrected chi connectivity index (χ2v) is 9.83. The Kier molecular flexibility index (Phi) is 17.3. The highest BCUT2D eigenvalue weighted by atomic mass is 14.1. The van der Waals surface area contributed by atoms with Crippen molar-refractivity contribution >= 4 is 0 Å². The van der Waals surface area contributed by atoms with Gasteiger partial charge < -0.3 is 0 Å². The van der Waals surface area contributed by atoms with Crippen LogP contribution in [0.25, 0.3) is 0 Å². The molecule has 0 aliphatic rings. The first-order valence-corrected chi connectivity index (χ1v) is 12.2. The van der Waals surface area contributed by atoms with Crippen molar-refractivity contribution in [3.8, 4) is 0 Å². The van der Waals surface area contributed by atoms with Gasteiger partial charge in [0.15, 0.2) is 0 Å². The summed E-state index contributed by atoms with van der Waals surface area (Å²) in [5.41, 5.74) is 3.62. The molecule has 0 radical (unpaired) electrons. The van der Waals surface area contributed by atoms with Crippen molar-refractivity contribution in [2.24, 2.45) is 17.8 Å². The smallest absolute Gasteiger partial charge is 0.0345 e. The second-order valence-electron chi connectivity index (χ2n) is 9.83. The molecule has 0 amide bonds. The summed E-state index contributed by atoms with van der Waals surface area (Å²) < 4.78 is 0. The average Bonchev–Trinajstić information content (AvgIpc) is 2.64. The van der Waals surface area contributed by atoms with E-state index in [0.29, 0.717) is 0 Å². The Morgan fingerprint density at radius 1 is 0.667 bits per heavy atom. The van der Waals surface area contributed by atoms with Crippen molar-refractivity contribution in [1.29, 1.82) is 0 Å². The van der Waals surface area contributed by atoms with E-state index in [4.69, 9.17) is 0 Å². The Morgan fingerprint density at radius 2 is 1.17 bits per heavy atom. The van der Waals surface area contributed by atoms with Crippen molar-refractivity contribution in [2.45, 2.75) is 99.8 Å². The second kappa shape index (κ2) is 18.2. The molecule has 170 valence electrons. The molecule has 0 fully saturated rings. The summed E-state index contributed by atoms with van der Waals surface area (Å²) in [4.78, 5) is 0. The largest absolute Gasteiger partial charge is 0.0961 e. The molecule has 0 heteroatoms. The molecular weight excluding hydrogens is 360 g/mol. The number of hydrogen-bond acceptors (Lipinski definition) is 0. The van der Waals surface area contributed by atoms with E-state index in [0.717, 1.165) is 23.3 Å². The first kappa shape index (κ1) is 28.4. The summed E-state index contributed by atoms with van der Waals surface area (Å²) in [5, 5.41) is 0. The lowest BCUT2D eigenvalue weighted by atomic mass is 9.92. The fraction of sp³-hybridized carbons (Fsp3) is 0.600. The lowest BCUT2D eigenvalue weighted by molar-refractivity contribution is 0.393. The molecule has 0 aliphatic carbocycles. The fourth-order valence-electron chi connectivity index (χ4n) is 3.45. The van der Waals surface area contributed by atoms with Gasteiger partial charge in [-0.2, -0.15) is 0 Å². The molecular formula is C30H50. The standard InChI is InChI=1S/C30H50/c1-25(2)15-11-19-29(7)23-13-21-27(5)17-9-10-18-28(6)22-14-24-30(8)20-12-16-26(3)4/h9,11,13,15,17,19,21,23,26,28,30H,1,10,12,14,16,18,20,22,24H2,2-8H3/b15-11+,17-9+,23-13+,27-21+,29-19+. The summed E-state index contributed by atoms with van der Waals surface area (Å²) in [6, 6.07) is 0. The van der Waals surface area contributed by atoms with Crippen LogP contribution >= 0.6 is 0 Å². The van der Waals surface area contributed by atoms with Crippen LogP contribution in [-0.4, -0.2) is 0 Å². The van der Waals surface area contributed by atoms with Gasteiger partial charge in [0.25, 0.3) is 0 Å². The SMILES string of the molecule is C=C(C)/C=C/C=C(C)/C=C/C=C(C)/C=C/CCC(C)CCCC(C)CCCC(C)C. The molecule has 0 spiro atoms. The van der Waals surface area contributed by atoms with Crippen LogP contribution in [-0.2, 0) is 0 Å². The Morgan fingerprint density at radius 3 is 1.73 bits per heavy atom. The van der Waals surface area contributed by atoms with Crippen LogP contribution in [0.5, 0.6) is 0 Å². The van der Waals surface area contributed by atoms with Gasteiger partial charge in [-0.05, 0) is 51.4 Å². The zero-order valence-electron chi connectivity index (χ0n) is 21.2. The normalized spacial score (nSPS) is 15.7. The molecule has 30 heavy (non-hydrogen) atoms. The van der Waals surface area contributed by atoms with E-state index < -0.39 is 0 Å². The fourth-order valence-corrected chi connectivity index (χ4v) is 3.45. The minimum Gasteiger partial charge on any atom is -0.0961 e. The highest BCUT2D eigenvalue weighted by molar-refractivity contribution is 5.29. The zero-order chi connectivity index (χ0) is 22.8. The minimum absolute atomic E-state index is 0.835. The number of allylic oxidation sites excluding steroid dienone is 11. The molecule has 2 atom stereocenters. The van der Waals surface area contributed by atoms with Gasteiger partial charge in [-0.25, -0.2) is 0 Å². The predicted molar refractivity (Wildman–Crippen MR) is 140 cm³/mol. The van der Waals surface area contributed by atoms with Gasteiger partial charge in [-0.3, -0.25) is 0 Å². The summed E-state index contributed by atoms with van der Waals surface area (Å²) in [6.45, 7) is 19.7. The van der Waals surface area contributed by atoms with E-state index in [1.807, 2.05) is 19.1 Å². The van der Waals surface area contributed by atoms with Gasteiger partial charge >= 0.3 is 0 Å². The van der Waals surface area contributed by atoms with Crippen molar-refractivity contribution in [3.63, 3.8) is 0 Å². The van der Waals surface area contributed by atoms with E-state index in [-0.39, 0.29) is 0 Å². The Labute approximate surface area is 189 Å². The van der Waals surface area contributed by atoms with E-state index in [1.165, 1.54) is 62.5 Å². The molecule has 0 saturated carbocycles. The lowest BCUT2D eigenvalue weighted by Gasteiger charge is -2.14. The van der Waals surface area contributed by atoms with Crippen LogP contribution in [0.1, 0.15) is 99.8 Å². The summed E-state index contributed by atoms with van der Waals surface area (Å²) >= 11 is 0. The molecule has 0 aliphatic heterocycles. The van der Waals surface area contributed by atoms with E-state index in [1.54, 1.807) is 0 Å². The van der Waals surface area contributed by atoms with Crippen molar-refractivity contribution in [2.75, 3.05) is 0 Å². The van der Waals surface area contributed by atoms with Crippen molar-refractivity contribution in [1.82, 2.24) is 0 Å². The Bertz CT molecular complexity index is 592. The van der Waals surface area contributed by atoms with E-state index in [2.05, 4.69) is 84.6 Å². The van der Waals surface area contributed by atoms with Gasteiger partial charge in [0.2, 0.25) is 0 Å². The van der Waals surface area contributed by atoms with Crippen molar-refractivity contribution in [3.05, 3.63) is 71.9 Å². The van der Waals surface area contributed by atoms with Gasteiger partial charge in [-0.1, -0.05) is 138 Å². The summed E-state index contributed by atoms with van der Waals surface area (Å²) in [7, 11) is 0. The Hall–Kier alpha value is -1.56. The number of hydrogen-bond donors (Lipinski definition) is 0. The quantitative estimate of drug-likeness (QED) is 0.222. The third-order valence-corrected chi connectivity index (χ3v) is 5.54. The highest BCUT2D eigenvalue weighted by Gasteiger charge is 2.06.